The molecule has 1 aliphatic rings. The van der Waals surface area contributed by atoms with Crippen molar-refractivity contribution in [2.75, 3.05) is 38.1 Å². The maximum atomic E-state index is 12.7. The second-order valence-electron chi connectivity index (χ2n) is 5.41. The van der Waals surface area contributed by atoms with Gasteiger partial charge in [0.15, 0.2) is 5.82 Å². The maximum Gasteiger partial charge on any atom is 0.416 e. The number of H-pyrrole nitrogens is 1. The number of hydrogen-bond acceptors (Lipinski definition) is 4. The summed E-state index contributed by atoms with van der Waals surface area (Å²) >= 11 is 0. The molecule has 3 rings (SSSR count). The maximum absolute atomic E-state index is 12.7. The number of benzene rings is 1. The third kappa shape index (κ3) is 2.78. The van der Waals surface area contributed by atoms with Crippen LogP contribution < -0.4 is 10.5 Å². The SMILES string of the molecule is CN1CCN(c2nc3ccc(C(F)(F)F)cc3[nH]c2=O)CC1. The number of alkyl halides is 3. The van der Waals surface area contributed by atoms with Crippen molar-refractivity contribution in [2.24, 2.45) is 0 Å². The zero-order valence-corrected chi connectivity index (χ0v) is 11.9. The molecule has 0 bridgehead atoms. The van der Waals surface area contributed by atoms with Gasteiger partial charge in [0, 0.05) is 26.2 Å². The number of nitrogens with one attached hydrogen (secondary N) is 1. The van der Waals surface area contributed by atoms with E-state index in [-0.39, 0.29) is 11.3 Å². The second kappa shape index (κ2) is 5.28. The molecule has 1 aromatic carbocycles. The van der Waals surface area contributed by atoms with Crippen molar-refractivity contribution in [3.05, 3.63) is 34.1 Å². The normalized spacial score (nSPS) is 17.2. The minimum Gasteiger partial charge on any atom is -0.349 e. The molecule has 118 valence electrons. The van der Waals surface area contributed by atoms with E-state index in [2.05, 4.69) is 14.9 Å². The molecule has 1 saturated heterocycles. The standard InChI is InChI=1S/C14H15F3N4O/c1-20-4-6-21(7-5-20)12-13(22)19-11-8-9(14(15,16)17)2-3-10(11)18-12/h2-3,8H,4-7H2,1H3,(H,19,22). The van der Waals surface area contributed by atoms with Gasteiger partial charge in [0.25, 0.3) is 5.56 Å². The second-order valence-corrected chi connectivity index (χ2v) is 5.41. The van der Waals surface area contributed by atoms with Gasteiger partial charge in [0.1, 0.15) is 0 Å². The van der Waals surface area contributed by atoms with Crippen LogP contribution in [0.25, 0.3) is 11.0 Å². The molecule has 5 nitrogen and oxygen atoms in total. The van der Waals surface area contributed by atoms with E-state index in [4.69, 9.17) is 0 Å². The fourth-order valence-corrected chi connectivity index (χ4v) is 2.49. The molecule has 8 heteroatoms. The summed E-state index contributed by atoms with van der Waals surface area (Å²) in [5.74, 6) is 0.264. The summed E-state index contributed by atoms with van der Waals surface area (Å²) < 4.78 is 38.1. The monoisotopic (exact) mass is 312 g/mol. The van der Waals surface area contributed by atoms with Gasteiger partial charge in [-0.15, -0.1) is 0 Å². The summed E-state index contributed by atoms with van der Waals surface area (Å²) in [6, 6.07) is 3.17. The summed E-state index contributed by atoms with van der Waals surface area (Å²) in [6.07, 6.45) is -4.44. The number of piperazine rings is 1. The van der Waals surface area contributed by atoms with Crippen LogP contribution in [0.1, 0.15) is 5.56 Å². The molecule has 1 aromatic heterocycles. The van der Waals surface area contributed by atoms with Gasteiger partial charge in [-0.1, -0.05) is 0 Å². The Hall–Kier alpha value is -2.09. The van der Waals surface area contributed by atoms with Crippen molar-refractivity contribution in [1.29, 1.82) is 0 Å². The first-order valence-corrected chi connectivity index (χ1v) is 6.89. The van der Waals surface area contributed by atoms with Crippen LogP contribution in [0.5, 0.6) is 0 Å². The summed E-state index contributed by atoms with van der Waals surface area (Å²) in [5.41, 5.74) is -0.819. The van der Waals surface area contributed by atoms with Crippen LogP contribution in [0, 0.1) is 0 Å². The van der Waals surface area contributed by atoms with E-state index in [0.29, 0.717) is 18.6 Å². The summed E-state index contributed by atoms with van der Waals surface area (Å²) in [5, 5.41) is 0. The van der Waals surface area contributed by atoms with Gasteiger partial charge in [0.05, 0.1) is 16.6 Å². The highest BCUT2D eigenvalue weighted by Gasteiger charge is 2.30. The highest BCUT2D eigenvalue weighted by Crippen LogP contribution is 2.30. The van der Waals surface area contributed by atoms with Gasteiger partial charge in [-0.05, 0) is 25.2 Å². The Bertz CT molecular complexity index is 748. The van der Waals surface area contributed by atoms with Crippen molar-refractivity contribution in [1.82, 2.24) is 14.9 Å². The minimum absolute atomic E-state index is 0.0951. The van der Waals surface area contributed by atoms with Crippen LogP contribution in [0.3, 0.4) is 0 Å². The van der Waals surface area contributed by atoms with E-state index in [1.54, 1.807) is 0 Å². The van der Waals surface area contributed by atoms with E-state index in [1.165, 1.54) is 6.07 Å². The fourth-order valence-electron chi connectivity index (χ4n) is 2.49. The summed E-state index contributed by atoms with van der Waals surface area (Å²) in [6.45, 7) is 2.95. The van der Waals surface area contributed by atoms with E-state index < -0.39 is 17.3 Å². The number of aromatic nitrogens is 2. The van der Waals surface area contributed by atoms with Crippen LogP contribution in [0.2, 0.25) is 0 Å². The number of hydrogen-bond donors (Lipinski definition) is 1. The van der Waals surface area contributed by atoms with Crippen LogP contribution in [-0.4, -0.2) is 48.1 Å². The Morgan fingerprint density at radius 2 is 1.86 bits per heavy atom. The quantitative estimate of drug-likeness (QED) is 0.871. The largest absolute Gasteiger partial charge is 0.416 e. The zero-order valence-electron chi connectivity index (χ0n) is 11.9. The highest BCUT2D eigenvalue weighted by atomic mass is 19.4. The zero-order chi connectivity index (χ0) is 15.9. The van der Waals surface area contributed by atoms with Crippen molar-refractivity contribution in [3.63, 3.8) is 0 Å². The fraction of sp³-hybridized carbons (Fsp3) is 0.429. The van der Waals surface area contributed by atoms with Crippen LogP contribution in [0.15, 0.2) is 23.0 Å². The topological polar surface area (TPSA) is 52.2 Å². The van der Waals surface area contributed by atoms with Gasteiger partial charge in [-0.3, -0.25) is 4.79 Å². The van der Waals surface area contributed by atoms with Crippen LogP contribution in [-0.2, 0) is 6.18 Å². The number of likely N-dealkylation sites (N-methyl/N-ethyl adjacent to an activating group) is 1. The lowest BCUT2D eigenvalue weighted by atomic mass is 10.2. The lowest BCUT2D eigenvalue weighted by Crippen LogP contribution is -2.46. The van der Waals surface area contributed by atoms with Crippen molar-refractivity contribution < 1.29 is 13.2 Å². The number of nitrogens with zero attached hydrogens (tertiary/aromatic N) is 3. The molecule has 1 aliphatic heterocycles. The van der Waals surface area contributed by atoms with Gasteiger partial charge < -0.3 is 14.8 Å². The Labute approximate surface area is 124 Å². The van der Waals surface area contributed by atoms with E-state index in [9.17, 15) is 18.0 Å². The first kappa shape index (κ1) is 14.8. The number of fused-ring (bicyclic) bond motifs is 1. The van der Waals surface area contributed by atoms with Gasteiger partial charge in [-0.2, -0.15) is 13.2 Å². The number of rotatable bonds is 1. The molecule has 2 heterocycles. The third-order valence-electron chi connectivity index (χ3n) is 3.80. The van der Waals surface area contributed by atoms with E-state index in [1.807, 2.05) is 11.9 Å². The van der Waals surface area contributed by atoms with Crippen molar-refractivity contribution in [3.8, 4) is 0 Å². The first-order chi connectivity index (χ1) is 10.3. The van der Waals surface area contributed by atoms with Crippen LogP contribution in [0.4, 0.5) is 19.0 Å². The molecular formula is C14H15F3N4O. The Balaban J connectivity index is 2.01. The van der Waals surface area contributed by atoms with E-state index in [0.717, 1.165) is 25.2 Å². The molecule has 22 heavy (non-hydrogen) atoms. The average Bonchev–Trinajstić information content (AvgIpc) is 2.46. The van der Waals surface area contributed by atoms with Crippen molar-refractivity contribution in [2.45, 2.75) is 6.18 Å². The van der Waals surface area contributed by atoms with Crippen LogP contribution >= 0.6 is 0 Å². The van der Waals surface area contributed by atoms with E-state index >= 15 is 0 Å². The Kier molecular flexibility index (Phi) is 3.56. The van der Waals surface area contributed by atoms with Gasteiger partial charge in [0.2, 0.25) is 0 Å². The molecule has 0 atom stereocenters. The molecule has 0 aliphatic carbocycles. The van der Waals surface area contributed by atoms with Crippen molar-refractivity contribution >= 4 is 16.9 Å². The smallest absolute Gasteiger partial charge is 0.349 e. The lowest BCUT2D eigenvalue weighted by molar-refractivity contribution is -0.137. The number of halogens is 3. The molecule has 0 saturated carbocycles. The average molecular weight is 312 g/mol. The summed E-state index contributed by atoms with van der Waals surface area (Å²) in [7, 11) is 1.99. The molecule has 0 radical (unpaired) electrons. The number of anilines is 1. The molecule has 0 spiro atoms. The lowest BCUT2D eigenvalue weighted by Gasteiger charge is -2.32. The first-order valence-electron chi connectivity index (χ1n) is 6.89. The molecule has 0 unspecified atom stereocenters. The number of aromatic amines is 1. The minimum atomic E-state index is -4.44. The third-order valence-corrected chi connectivity index (χ3v) is 3.80. The predicted molar refractivity (Wildman–Crippen MR) is 77.1 cm³/mol. The summed E-state index contributed by atoms with van der Waals surface area (Å²) in [4.78, 5) is 22.9. The molecule has 0 amide bonds. The Morgan fingerprint density at radius 3 is 2.50 bits per heavy atom. The van der Waals surface area contributed by atoms with Gasteiger partial charge in [-0.25, -0.2) is 4.98 Å². The van der Waals surface area contributed by atoms with Gasteiger partial charge >= 0.3 is 6.18 Å². The molecule has 1 fully saturated rings. The molecule has 2 aromatic rings. The highest BCUT2D eigenvalue weighted by molar-refractivity contribution is 5.76. The molecule has 1 N–H and O–H groups in total. The Morgan fingerprint density at radius 1 is 1.18 bits per heavy atom. The molecular weight excluding hydrogens is 297 g/mol. The predicted octanol–water partition coefficient (Wildman–Crippen LogP) is 1.69.